The number of thiazole rings is 1. The number of ether oxygens (including phenoxy) is 1. The lowest BCUT2D eigenvalue weighted by atomic mass is 9.94. The third-order valence-electron chi connectivity index (χ3n) is 5.61. The molecule has 0 spiro atoms. The van der Waals surface area contributed by atoms with E-state index in [2.05, 4.69) is 10.3 Å². The SMILES string of the molecule is CCC(C)Cc1nc(NC(=O)C(C)(Oc2ccc(F)cc2F)c2ccc(S(C)(=O)=O)cc2)sc1O. The summed E-state index contributed by atoms with van der Waals surface area (Å²) in [5.74, 6) is -2.69. The van der Waals surface area contributed by atoms with Gasteiger partial charge in [-0.15, -0.1) is 0 Å². The number of aromatic hydroxyl groups is 1. The van der Waals surface area contributed by atoms with Crippen LogP contribution in [-0.4, -0.2) is 30.7 Å². The van der Waals surface area contributed by atoms with E-state index in [1.807, 2.05) is 13.8 Å². The number of anilines is 1. The van der Waals surface area contributed by atoms with Crippen LogP contribution in [0.2, 0.25) is 0 Å². The Kier molecular flexibility index (Phi) is 7.80. The van der Waals surface area contributed by atoms with Gasteiger partial charge >= 0.3 is 0 Å². The number of amides is 1. The molecule has 1 aromatic heterocycles. The molecule has 1 heterocycles. The van der Waals surface area contributed by atoms with Crippen molar-refractivity contribution in [3.05, 3.63) is 65.4 Å². The van der Waals surface area contributed by atoms with E-state index in [4.69, 9.17) is 4.74 Å². The molecule has 0 radical (unpaired) electrons. The Hall–Kier alpha value is -3.05. The van der Waals surface area contributed by atoms with Gasteiger partial charge in [0.05, 0.1) is 10.6 Å². The van der Waals surface area contributed by atoms with Crippen LogP contribution < -0.4 is 10.1 Å². The van der Waals surface area contributed by atoms with Crippen molar-refractivity contribution < 1.29 is 31.8 Å². The molecular formula is C24H26F2N2O5S2. The first kappa shape index (κ1) is 26.6. The van der Waals surface area contributed by atoms with Crippen LogP contribution in [0.4, 0.5) is 13.9 Å². The van der Waals surface area contributed by atoms with Crippen molar-refractivity contribution in [2.45, 2.75) is 44.1 Å². The molecule has 0 saturated carbocycles. The summed E-state index contributed by atoms with van der Waals surface area (Å²) in [4.78, 5) is 17.8. The summed E-state index contributed by atoms with van der Waals surface area (Å²) in [5, 5.41) is 12.9. The zero-order chi connectivity index (χ0) is 26.0. The summed E-state index contributed by atoms with van der Waals surface area (Å²) in [6.07, 6.45) is 2.46. The second-order valence-electron chi connectivity index (χ2n) is 8.45. The molecular weight excluding hydrogens is 498 g/mol. The summed E-state index contributed by atoms with van der Waals surface area (Å²) < 4.78 is 57.2. The van der Waals surface area contributed by atoms with E-state index >= 15 is 0 Å². The smallest absolute Gasteiger partial charge is 0.274 e. The lowest BCUT2D eigenvalue weighted by Crippen LogP contribution is -2.43. The fourth-order valence-electron chi connectivity index (χ4n) is 3.26. The standard InChI is InChI=1S/C24H26F2N2O5S2/c1-5-14(2)12-19-21(29)34-23(27-19)28-22(30)24(3,33-20-11-8-16(25)13-18(20)26)15-6-9-17(10-7-15)35(4,31)32/h6-11,13-14,29H,5,12H2,1-4H3,(H,27,28,30). The van der Waals surface area contributed by atoms with E-state index in [1.54, 1.807) is 0 Å². The molecule has 0 aliphatic heterocycles. The number of nitrogens with zero attached hydrogens (tertiary/aromatic N) is 1. The number of hydrogen-bond donors (Lipinski definition) is 2. The number of carbonyl (C=O) groups is 1. The van der Waals surface area contributed by atoms with Crippen LogP contribution >= 0.6 is 11.3 Å². The fourth-order valence-corrected chi connectivity index (χ4v) is 4.62. The topological polar surface area (TPSA) is 106 Å². The maximum absolute atomic E-state index is 14.4. The van der Waals surface area contributed by atoms with Gasteiger partial charge in [-0.3, -0.25) is 10.1 Å². The lowest BCUT2D eigenvalue weighted by molar-refractivity contribution is -0.130. The van der Waals surface area contributed by atoms with Crippen molar-refractivity contribution in [2.24, 2.45) is 5.92 Å². The molecule has 188 valence electrons. The van der Waals surface area contributed by atoms with Crippen molar-refractivity contribution in [1.29, 1.82) is 0 Å². The highest BCUT2D eigenvalue weighted by molar-refractivity contribution is 7.90. The summed E-state index contributed by atoms with van der Waals surface area (Å²) in [6, 6.07) is 8.04. The molecule has 11 heteroatoms. The molecule has 2 atom stereocenters. The molecule has 35 heavy (non-hydrogen) atoms. The van der Waals surface area contributed by atoms with Gasteiger partial charge in [0.25, 0.3) is 5.91 Å². The van der Waals surface area contributed by atoms with Gasteiger partial charge < -0.3 is 9.84 Å². The maximum Gasteiger partial charge on any atom is 0.274 e. The Bertz CT molecular complexity index is 1330. The van der Waals surface area contributed by atoms with Crippen LogP contribution in [0.5, 0.6) is 10.8 Å². The number of hydrogen-bond acceptors (Lipinski definition) is 7. The summed E-state index contributed by atoms with van der Waals surface area (Å²) in [7, 11) is -3.50. The minimum Gasteiger partial charge on any atom is -0.498 e. The first-order chi connectivity index (χ1) is 16.3. The second-order valence-corrected chi connectivity index (χ2v) is 11.4. The predicted octanol–water partition coefficient (Wildman–Crippen LogP) is 5.05. The molecule has 2 unspecified atom stereocenters. The first-order valence-corrected chi connectivity index (χ1v) is 13.5. The normalized spacial score (nSPS) is 14.2. The summed E-state index contributed by atoms with van der Waals surface area (Å²) in [6.45, 7) is 5.40. The Morgan fingerprint density at radius 1 is 1.23 bits per heavy atom. The van der Waals surface area contributed by atoms with Gasteiger partial charge in [-0.25, -0.2) is 22.2 Å². The Morgan fingerprint density at radius 3 is 2.46 bits per heavy atom. The Balaban J connectivity index is 1.99. The van der Waals surface area contributed by atoms with Crippen molar-refractivity contribution in [3.8, 4) is 10.8 Å². The molecule has 0 aliphatic carbocycles. The van der Waals surface area contributed by atoms with Crippen LogP contribution in [0.3, 0.4) is 0 Å². The average Bonchev–Trinajstić information content (AvgIpc) is 3.13. The second kappa shape index (κ2) is 10.3. The molecule has 2 N–H and O–H groups in total. The van der Waals surface area contributed by atoms with E-state index in [-0.39, 0.29) is 32.3 Å². The highest BCUT2D eigenvalue weighted by Gasteiger charge is 2.39. The van der Waals surface area contributed by atoms with Gasteiger partial charge in [-0.1, -0.05) is 43.7 Å². The number of sulfone groups is 1. The molecule has 0 fully saturated rings. The highest BCUT2D eigenvalue weighted by atomic mass is 32.2. The van der Waals surface area contributed by atoms with E-state index in [0.717, 1.165) is 36.1 Å². The fraction of sp³-hybridized carbons (Fsp3) is 0.333. The number of rotatable bonds is 9. The molecule has 2 aromatic carbocycles. The van der Waals surface area contributed by atoms with Gasteiger partial charge in [0.15, 0.2) is 31.6 Å². The van der Waals surface area contributed by atoms with Gasteiger partial charge in [0.1, 0.15) is 5.82 Å². The first-order valence-electron chi connectivity index (χ1n) is 10.8. The monoisotopic (exact) mass is 524 g/mol. The Morgan fingerprint density at radius 2 is 1.89 bits per heavy atom. The molecule has 0 saturated heterocycles. The molecule has 3 rings (SSSR count). The lowest BCUT2D eigenvalue weighted by Gasteiger charge is -2.30. The average molecular weight is 525 g/mol. The van der Waals surface area contributed by atoms with Crippen LogP contribution in [-0.2, 0) is 26.7 Å². The van der Waals surface area contributed by atoms with Crippen molar-refractivity contribution in [3.63, 3.8) is 0 Å². The van der Waals surface area contributed by atoms with E-state index in [9.17, 15) is 27.1 Å². The van der Waals surface area contributed by atoms with Crippen LogP contribution in [0, 0.1) is 17.6 Å². The zero-order valence-corrected chi connectivity index (χ0v) is 21.3. The quantitative estimate of drug-likeness (QED) is 0.406. The third-order valence-corrected chi connectivity index (χ3v) is 7.55. The maximum atomic E-state index is 14.4. The van der Waals surface area contributed by atoms with Crippen molar-refractivity contribution in [2.75, 3.05) is 11.6 Å². The number of halogens is 2. The minimum absolute atomic E-state index is 0.0229. The van der Waals surface area contributed by atoms with Gasteiger partial charge in [0, 0.05) is 17.9 Å². The van der Waals surface area contributed by atoms with Crippen molar-refractivity contribution in [1.82, 2.24) is 4.98 Å². The Labute approximate surface area is 206 Å². The van der Waals surface area contributed by atoms with Gasteiger partial charge in [-0.05, 0) is 43.5 Å². The van der Waals surface area contributed by atoms with E-state index < -0.39 is 33.0 Å². The highest BCUT2D eigenvalue weighted by Crippen LogP contribution is 2.35. The summed E-state index contributed by atoms with van der Waals surface area (Å²) in [5.41, 5.74) is -1.21. The van der Waals surface area contributed by atoms with Gasteiger partial charge in [-0.2, -0.15) is 0 Å². The zero-order valence-electron chi connectivity index (χ0n) is 19.6. The molecule has 0 aliphatic rings. The number of carbonyl (C=O) groups excluding carboxylic acids is 1. The van der Waals surface area contributed by atoms with E-state index in [0.29, 0.717) is 18.2 Å². The van der Waals surface area contributed by atoms with Crippen molar-refractivity contribution >= 4 is 32.2 Å². The summed E-state index contributed by atoms with van der Waals surface area (Å²) >= 11 is 0.878. The number of nitrogens with one attached hydrogen (secondary N) is 1. The molecule has 1 amide bonds. The molecule has 3 aromatic rings. The van der Waals surface area contributed by atoms with Gasteiger partial charge in [0.2, 0.25) is 5.60 Å². The van der Waals surface area contributed by atoms with Crippen LogP contribution in [0.15, 0.2) is 47.4 Å². The third kappa shape index (κ3) is 6.15. The molecule has 7 nitrogen and oxygen atoms in total. The number of benzene rings is 2. The minimum atomic E-state index is -3.50. The predicted molar refractivity (Wildman–Crippen MR) is 129 cm³/mol. The largest absolute Gasteiger partial charge is 0.498 e. The van der Waals surface area contributed by atoms with E-state index in [1.165, 1.54) is 31.2 Å². The molecule has 0 bridgehead atoms. The van der Waals surface area contributed by atoms with Crippen LogP contribution in [0.25, 0.3) is 0 Å². The number of aromatic nitrogens is 1. The van der Waals surface area contributed by atoms with Crippen LogP contribution in [0.1, 0.15) is 38.4 Å².